The third-order valence-corrected chi connectivity index (χ3v) is 1.90. The predicted octanol–water partition coefficient (Wildman–Crippen LogP) is 1.15. The van der Waals surface area contributed by atoms with Crippen LogP contribution in [-0.4, -0.2) is 6.66 Å². The van der Waals surface area contributed by atoms with E-state index < -0.39 is 0 Å². The molecule has 0 saturated heterocycles. The fraction of sp³-hybridized carbons (Fsp3) is 1.00. The van der Waals surface area contributed by atoms with Gasteiger partial charge in [0.05, 0.1) is 0 Å². The van der Waals surface area contributed by atoms with Crippen molar-refractivity contribution < 1.29 is 0 Å². The molecule has 3 heteroatoms. The highest BCUT2D eigenvalue weighted by Gasteiger charge is 1.52. The second-order valence-electron chi connectivity index (χ2n) is 0.344. The lowest BCUT2D eigenvalue weighted by molar-refractivity contribution is 1.84. The maximum Gasteiger partial charge on any atom is 0.0209 e. The summed E-state index contributed by atoms with van der Waals surface area (Å²) < 4.78 is 2.93. The number of hydrogen-bond acceptors (Lipinski definition) is 1. The molecule has 0 aromatic rings. The Balaban J connectivity index is 1.97. The Bertz CT molecular complexity index is 10.0. The molecule has 0 amide bonds. The standard InChI is InChI=1S/CH5INP/c1-4-3-2/h3-4H,1H3. The lowest BCUT2D eigenvalue weighted by atomic mass is 12.0. The Morgan fingerprint density at radius 2 is 2.25 bits per heavy atom. The summed E-state index contributed by atoms with van der Waals surface area (Å²) in [6.45, 7) is 2.09. The summed E-state index contributed by atoms with van der Waals surface area (Å²) in [6.07, 6.45) is 0. The molecule has 1 N–H and O–H groups in total. The van der Waals surface area contributed by atoms with E-state index in [1.54, 1.807) is 0 Å². The van der Waals surface area contributed by atoms with Crippen molar-refractivity contribution >= 4 is 31.6 Å². The smallest absolute Gasteiger partial charge is 0.0209 e. The zero-order chi connectivity index (χ0) is 3.41. The largest absolute Gasteiger partial charge is 0.242 e. The van der Waals surface area contributed by atoms with E-state index in [2.05, 4.69) is 32.8 Å². The third kappa shape index (κ3) is 3.12. The molecule has 0 bridgehead atoms. The van der Waals surface area contributed by atoms with Crippen molar-refractivity contribution in [3.05, 3.63) is 0 Å². The molecule has 0 heterocycles. The zero-order valence-corrected chi connectivity index (χ0v) is 5.54. The highest BCUT2D eigenvalue weighted by molar-refractivity contribution is 14.1. The first kappa shape index (κ1) is 5.12. The van der Waals surface area contributed by atoms with Crippen molar-refractivity contribution in [2.24, 2.45) is 0 Å². The molecule has 0 aliphatic heterocycles. The molecule has 4 heavy (non-hydrogen) atoms. The van der Waals surface area contributed by atoms with Crippen molar-refractivity contribution in [3.8, 4) is 0 Å². The van der Waals surface area contributed by atoms with Gasteiger partial charge in [-0.3, -0.25) is 0 Å². The molecular weight excluding hydrogens is 184 g/mol. The van der Waals surface area contributed by atoms with E-state index in [-0.39, 0.29) is 0 Å². The van der Waals surface area contributed by atoms with Gasteiger partial charge in [0.15, 0.2) is 0 Å². The lowest BCUT2D eigenvalue weighted by Gasteiger charge is -1.73. The molecule has 0 aromatic carbocycles. The summed E-state index contributed by atoms with van der Waals surface area (Å²) in [7, 11) is 0.877. The molecule has 0 aromatic heterocycles. The first-order valence-electron chi connectivity index (χ1n) is 0.939. The molecule has 1 nitrogen and oxygen atoms in total. The zero-order valence-electron chi connectivity index (χ0n) is 2.38. The van der Waals surface area contributed by atoms with E-state index >= 15 is 0 Å². The van der Waals surface area contributed by atoms with Gasteiger partial charge in [0.25, 0.3) is 0 Å². The maximum atomic E-state index is 2.93. The monoisotopic (exact) mass is 189 g/mol. The molecule has 0 saturated carbocycles. The summed E-state index contributed by atoms with van der Waals surface area (Å²) in [4.78, 5) is 0. The van der Waals surface area contributed by atoms with E-state index in [0.29, 0.717) is 0 Å². The Morgan fingerprint density at radius 3 is 2.25 bits per heavy atom. The Kier molecular flexibility index (Phi) is 5.27. The lowest BCUT2D eigenvalue weighted by Crippen LogP contribution is -1.65. The van der Waals surface area contributed by atoms with Crippen LogP contribution in [0, 0.1) is 0 Å². The molecule has 0 rings (SSSR count). The average Bonchev–Trinajstić information content (AvgIpc) is 1.37. The molecule has 1 atom stereocenters. The van der Waals surface area contributed by atoms with E-state index in [9.17, 15) is 0 Å². The fourth-order valence-corrected chi connectivity index (χ4v) is 0. The molecule has 0 aliphatic rings. The molecular formula is CH5INP. The van der Waals surface area contributed by atoms with Gasteiger partial charge in [0.2, 0.25) is 0 Å². The van der Waals surface area contributed by atoms with Crippen LogP contribution in [0.3, 0.4) is 0 Å². The normalized spacial score (nSPS) is 10.5. The van der Waals surface area contributed by atoms with Crippen molar-refractivity contribution in [2.75, 3.05) is 6.66 Å². The second-order valence-corrected chi connectivity index (χ2v) is 2.65. The van der Waals surface area contributed by atoms with Crippen molar-refractivity contribution in [3.63, 3.8) is 0 Å². The van der Waals surface area contributed by atoms with Crippen LogP contribution in [0.5, 0.6) is 0 Å². The molecule has 26 valence electrons. The highest BCUT2D eigenvalue weighted by Crippen LogP contribution is 1.93. The van der Waals surface area contributed by atoms with Crippen LogP contribution in [0.2, 0.25) is 0 Å². The Morgan fingerprint density at radius 1 is 2.00 bits per heavy atom. The molecule has 0 aliphatic carbocycles. The first-order valence-corrected chi connectivity index (χ1v) is 3.52. The van der Waals surface area contributed by atoms with Gasteiger partial charge in [0, 0.05) is 22.9 Å². The minimum Gasteiger partial charge on any atom is -0.242 e. The predicted molar refractivity (Wildman–Crippen MR) is 31.4 cm³/mol. The Labute approximate surface area is 41.9 Å². The van der Waals surface area contributed by atoms with Gasteiger partial charge < -0.3 is 0 Å². The van der Waals surface area contributed by atoms with Crippen LogP contribution >= 0.6 is 31.6 Å². The second kappa shape index (κ2) is 4.12. The van der Waals surface area contributed by atoms with Gasteiger partial charge >= 0.3 is 0 Å². The van der Waals surface area contributed by atoms with Crippen LogP contribution < -0.4 is 3.30 Å². The molecule has 0 fully saturated rings. The van der Waals surface area contributed by atoms with E-state index in [4.69, 9.17) is 0 Å². The topological polar surface area (TPSA) is 12.0 Å². The van der Waals surface area contributed by atoms with Gasteiger partial charge in [-0.25, -0.2) is 3.30 Å². The van der Waals surface area contributed by atoms with Crippen molar-refractivity contribution in [1.82, 2.24) is 3.30 Å². The van der Waals surface area contributed by atoms with E-state index in [1.165, 1.54) is 0 Å². The number of rotatable bonds is 1. The quantitative estimate of drug-likeness (QED) is 0.370. The van der Waals surface area contributed by atoms with Crippen LogP contribution in [-0.2, 0) is 0 Å². The van der Waals surface area contributed by atoms with Crippen molar-refractivity contribution in [2.45, 2.75) is 0 Å². The number of hydrogen-bond donors (Lipinski definition) is 1. The van der Waals surface area contributed by atoms with Gasteiger partial charge in [-0.1, -0.05) is 0 Å². The highest BCUT2D eigenvalue weighted by atomic mass is 127. The van der Waals surface area contributed by atoms with Gasteiger partial charge in [-0.15, -0.1) is 0 Å². The molecule has 1 unspecified atom stereocenters. The fourth-order valence-electron chi connectivity index (χ4n) is 0. The summed E-state index contributed by atoms with van der Waals surface area (Å²) in [5, 5.41) is 0. The van der Waals surface area contributed by atoms with Gasteiger partial charge in [0.1, 0.15) is 0 Å². The average molecular weight is 189 g/mol. The van der Waals surface area contributed by atoms with Gasteiger partial charge in [-0.2, -0.15) is 0 Å². The third-order valence-electron chi connectivity index (χ3n) is 0.0945. The van der Waals surface area contributed by atoms with E-state index in [0.717, 1.165) is 8.73 Å². The molecule has 0 radical (unpaired) electrons. The Hall–Kier alpha value is 1.12. The number of halogens is 1. The van der Waals surface area contributed by atoms with Crippen molar-refractivity contribution in [1.29, 1.82) is 0 Å². The SMILES string of the molecule is CPNI. The summed E-state index contributed by atoms with van der Waals surface area (Å²) in [5.74, 6) is 0. The van der Waals surface area contributed by atoms with Crippen LogP contribution in [0.15, 0.2) is 0 Å². The van der Waals surface area contributed by atoms with Crippen LogP contribution in [0.25, 0.3) is 0 Å². The maximum absolute atomic E-state index is 2.93. The van der Waals surface area contributed by atoms with Crippen LogP contribution in [0.4, 0.5) is 0 Å². The molecule has 0 spiro atoms. The van der Waals surface area contributed by atoms with E-state index in [1.807, 2.05) is 0 Å². The summed E-state index contributed by atoms with van der Waals surface area (Å²) in [5.41, 5.74) is 0. The number of nitrogens with one attached hydrogen (secondary N) is 1. The minimum atomic E-state index is 0.877. The van der Waals surface area contributed by atoms with Crippen LogP contribution in [0.1, 0.15) is 0 Å². The summed E-state index contributed by atoms with van der Waals surface area (Å²) >= 11 is 2.11. The van der Waals surface area contributed by atoms with Gasteiger partial charge in [-0.05, 0) is 15.4 Å². The minimum absolute atomic E-state index is 0.877. The first-order chi connectivity index (χ1) is 1.91. The summed E-state index contributed by atoms with van der Waals surface area (Å²) in [6, 6.07) is 0.